The lowest BCUT2D eigenvalue weighted by molar-refractivity contribution is 0.0600. The lowest BCUT2D eigenvalue weighted by Crippen LogP contribution is -2.24. The lowest BCUT2D eigenvalue weighted by atomic mass is 10.2. The number of benzene rings is 1. The number of esters is 1. The minimum atomic E-state index is -0.272. The third-order valence-corrected chi connectivity index (χ3v) is 3.50. The van der Waals surface area contributed by atoms with E-state index in [1.54, 1.807) is 11.8 Å². The normalized spacial score (nSPS) is 14.7. The van der Waals surface area contributed by atoms with E-state index in [1.807, 2.05) is 18.2 Å². The fourth-order valence-corrected chi connectivity index (χ4v) is 2.77. The Morgan fingerprint density at radius 1 is 1.53 bits per heavy atom. The Kier molecular flexibility index (Phi) is 2.86. The smallest absolute Gasteiger partial charge is 0.337 e. The molecule has 0 aromatic heterocycles. The van der Waals surface area contributed by atoms with Crippen molar-refractivity contribution >= 4 is 23.4 Å². The molecule has 0 N–H and O–H groups in total. The maximum atomic E-state index is 11.3. The second-order valence-electron chi connectivity index (χ2n) is 3.44. The zero-order chi connectivity index (χ0) is 10.8. The van der Waals surface area contributed by atoms with Crippen molar-refractivity contribution in [2.75, 3.05) is 31.4 Å². The molecule has 0 unspecified atom stereocenters. The zero-order valence-corrected chi connectivity index (χ0v) is 9.63. The Balaban J connectivity index is 2.37. The standard InChI is InChI=1S/C11H13NO2S/c1-12-5-6-15-10-7-8(11(13)14-2)3-4-9(10)12/h3-4,7H,5-6H2,1-2H3. The summed E-state index contributed by atoms with van der Waals surface area (Å²) in [5.74, 6) is 0.792. The van der Waals surface area contributed by atoms with Crippen molar-refractivity contribution in [1.82, 2.24) is 0 Å². The molecule has 80 valence electrons. The van der Waals surface area contributed by atoms with Crippen LogP contribution in [0.4, 0.5) is 5.69 Å². The number of carbonyl (C=O) groups excluding carboxylic acids is 1. The van der Waals surface area contributed by atoms with Crippen molar-refractivity contribution < 1.29 is 9.53 Å². The molecule has 4 heteroatoms. The fourth-order valence-electron chi connectivity index (χ4n) is 1.60. The maximum absolute atomic E-state index is 11.3. The van der Waals surface area contributed by atoms with Crippen LogP contribution in [0.2, 0.25) is 0 Å². The van der Waals surface area contributed by atoms with Crippen LogP contribution in [-0.4, -0.2) is 32.4 Å². The largest absolute Gasteiger partial charge is 0.465 e. The van der Waals surface area contributed by atoms with Gasteiger partial charge >= 0.3 is 5.97 Å². The summed E-state index contributed by atoms with van der Waals surface area (Å²) in [6, 6.07) is 5.70. The Labute approximate surface area is 93.4 Å². The van der Waals surface area contributed by atoms with Crippen LogP contribution in [0.5, 0.6) is 0 Å². The molecule has 0 fully saturated rings. The van der Waals surface area contributed by atoms with Crippen LogP contribution in [0.3, 0.4) is 0 Å². The number of carbonyl (C=O) groups is 1. The number of hydrogen-bond acceptors (Lipinski definition) is 4. The number of rotatable bonds is 1. The van der Waals surface area contributed by atoms with Gasteiger partial charge in [-0.25, -0.2) is 4.79 Å². The molecule has 0 amide bonds. The highest BCUT2D eigenvalue weighted by molar-refractivity contribution is 7.99. The van der Waals surface area contributed by atoms with E-state index >= 15 is 0 Å². The van der Waals surface area contributed by atoms with Crippen LogP contribution < -0.4 is 4.90 Å². The first-order valence-corrected chi connectivity index (χ1v) is 5.77. The SMILES string of the molecule is COC(=O)c1ccc2c(c1)SCCN2C. The van der Waals surface area contributed by atoms with Gasteiger partial charge in [-0.1, -0.05) is 0 Å². The van der Waals surface area contributed by atoms with Gasteiger partial charge in [-0.3, -0.25) is 0 Å². The molecular weight excluding hydrogens is 210 g/mol. The van der Waals surface area contributed by atoms with Gasteiger partial charge in [0, 0.05) is 24.2 Å². The Morgan fingerprint density at radius 2 is 2.33 bits per heavy atom. The predicted octanol–water partition coefficient (Wildman–Crippen LogP) is 2.02. The minimum absolute atomic E-state index is 0.272. The number of methoxy groups -OCH3 is 1. The van der Waals surface area contributed by atoms with Crippen LogP contribution in [0, 0.1) is 0 Å². The molecule has 0 aliphatic carbocycles. The van der Waals surface area contributed by atoms with Gasteiger partial charge in [0.25, 0.3) is 0 Å². The molecule has 0 atom stereocenters. The van der Waals surface area contributed by atoms with Gasteiger partial charge in [0.15, 0.2) is 0 Å². The van der Waals surface area contributed by atoms with Gasteiger partial charge < -0.3 is 9.64 Å². The summed E-state index contributed by atoms with van der Waals surface area (Å²) in [4.78, 5) is 14.7. The summed E-state index contributed by atoms with van der Waals surface area (Å²) >= 11 is 1.79. The van der Waals surface area contributed by atoms with Gasteiger partial charge in [0.05, 0.1) is 18.4 Å². The zero-order valence-electron chi connectivity index (χ0n) is 8.82. The van der Waals surface area contributed by atoms with Crippen LogP contribution in [0.15, 0.2) is 23.1 Å². The quantitative estimate of drug-likeness (QED) is 0.681. The number of ether oxygens (including phenoxy) is 1. The number of fused-ring (bicyclic) bond motifs is 1. The number of hydrogen-bond donors (Lipinski definition) is 0. The molecule has 1 aromatic carbocycles. The van der Waals surface area contributed by atoms with Gasteiger partial charge in [0.1, 0.15) is 0 Å². The molecule has 0 spiro atoms. The molecule has 1 aliphatic heterocycles. The average Bonchev–Trinajstić information content (AvgIpc) is 2.28. The summed E-state index contributed by atoms with van der Waals surface area (Å²) in [5, 5.41) is 0. The second kappa shape index (κ2) is 4.14. The predicted molar refractivity (Wildman–Crippen MR) is 61.8 cm³/mol. The van der Waals surface area contributed by atoms with Gasteiger partial charge in [-0.15, -0.1) is 11.8 Å². The van der Waals surface area contributed by atoms with Gasteiger partial charge in [-0.05, 0) is 18.2 Å². The molecule has 0 radical (unpaired) electrons. The highest BCUT2D eigenvalue weighted by atomic mass is 32.2. The first-order chi connectivity index (χ1) is 7.22. The van der Waals surface area contributed by atoms with Crippen molar-refractivity contribution in [3.05, 3.63) is 23.8 Å². The molecule has 3 nitrogen and oxygen atoms in total. The number of anilines is 1. The Bertz CT molecular complexity index is 392. The van der Waals surface area contributed by atoms with Crippen molar-refractivity contribution in [3.8, 4) is 0 Å². The van der Waals surface area contributed by atoms with E-state index in [2.05, 4.69) is 11.9 Å². The van der Waals surface area contributed by atoms with Crippen molar-refractivity contribution in [2.24, 2.45) is 0 Å². The van der Waals surface area contributed by atoms with Crippen LogP contribution >= 0.6 is 11.8 Å². The summed E-state index contributed by atoms with van der Waals surface area (Å²) < 4.78 is 4.69. The summed E-state index contributed by atoms with van der Waals surface area (Å²) in [6.45, 7) is 1.05. The third-order valence-electron chi connectivity index (χ3n) is 2.48. The molecule has 0 saturated heterocycles. The molecule has 1 aliphatic rings. The average molecular weight is 223 g/mol. The molecule has 0 bridgehead atoms. The second-order valence-corrected chi connectivity index (χ2v) is 4.58. The van der Waals surface area contributed by atoms with Gasteiger partial charge in [-0.2, -0.15) is 0 Å². The third kappa shape index (κ3) is 1.95. The summed E-state index contributed by atoms with van der Waals surface area (Å²) in [6.07, 6.45) is 0. The van der Waals surface area contributed by atoms with E-state index in [1.165, 1.54) is 12.8 Å². The summed E-state index contributed by atoms with van der Waals surface area (Å²) in [7, 11) is 3.47. The monoisotopic (exact) mass is 223 g/mol. The minimum Gasteiger partial charge on any atom is -0.465 e. The van der Waals surface area contributed by atoms with Crippen LogP contribution in [-0.2, 0) is 4.74 Å². The topological polar surface area (TPSA) is 29.5 Å². The number of nitrogens with zero attached hydrogens (tertiary/aromatic N) is 1. The first-order valence-electron chi connectivity index (χ1n) is 4.78. The molecular formula is C11H13NO2S. The number of thioether (sulfide) groups is 1. The lowest BCUT2D eigenvalue weighted by Gasteiger charge is -2.27. The van der Waals surface area contributed by atoms with E-state index in [4.69, 9.17) is 4.74 Å². The van der Waals surface area contributed by atoms with Crippen molar-refractivity contribution in [3.63, 3.8) is 0 Å². The summed E-state index contributed by atoms with van der Waals surface area (Å²) in [5.41, 5.74) is 1.82. The van der Waals surface area contributed by atoms with Crippen molar-refractivity contribution in [1.29, 1.82) is 0 Å². The van der Waals surface area contributed by atoms with Crippen molar-refractivity contribution in [2.45, 2.75) is 4.90 Å². The molecule has 1 heterocycles. The fraction of sp³-hybridized carbons (Fsp3) is 0.364. The van der Waals surface area contributed by atoms with E-state index in [0.29, 0.717) is 5.56 Å². The first kappa shape index (κ1) is 10.4. The highest BCUT2D eigenvalue weighted by Crippen LogP contribution is 2.34. The van der Waals surface area contributed by atoms with Crippen LogP contribution in [0.25, 0.3) is 0 Å². The Hall–Kier alpha value is -1.16. The Morgan fingerprint density at radius 3 is 3.07 bits per heavy atom. The maximum Gasteiger partial charge on any atom is 0.337 e. The molecule has 1 aromatic rings. The van der Waals surface area contributed by atoms with Crippen LogP contribution in [0.1, 0.15) is 10.4 Å². The van der Waals surface area contributed by atoms with E-state index in [-0.39, 0.29) is 5.97 Å². The van der Waals surface area contributed by atoms with Gasteiger partial charge in [0.2, 0.25) is 0 Å². The van der Waals surface area contributed by atoms with E-state index in [0.717, 1.165) is 17.2 Å². The molecule has 2 rings (SSSR count). The van der Waals surface area contributed by atoms with E-state index < -0.39 is 0 Å². The van der Waals surface area contributed by atoms with E-state index in [9.17, 15) is 4.79 Å². The highest BCUT2D eigenvalue weighted by Gasteiger charge is 2.16. The molecule has 0 saturated carbocycles. The molecule has 15 heavy (non-hydrogen) atoms.